The van der Waals surface area contributed by atoms with Crippen molar-refractivity contribution in [3.05, 3.63) is 29.6 Å². The second kappa shape index (κ2) is 6.91. The zero-order chi connectivity index (χ0) is 17.3. The van der Waals surface area contributed by atoms with Crippen molar-refractivity contribution in [2.24, 2.45) is 0 Å². The van der Waals surface area contributed by atoms with Crippen LogP contribution in [0.25, 0.3) is 11.0 Å². The van der Waals surface area contributed by atoms with Gasteiger partial charge in [0.05, 0.1) is 37.1 Å². The molecule has 0 saturated carbocycles. The minimum Gasteiger partial charge on any atom is -0.468 e. The van der Waals surface area contributed by atoms with Gasteiger partial charge in [0, 0.05) is 6.54 Å². The van der Waals surface area contributed by atoms with Crippen LogP contribution in [0.4, 0.5) is 0 Å². The Hall–Kier alpha value is -1.92. The number of aliphatic hydroxyl groups is 1. The van der Waals surface area contributed by atoms with E-state index in [0.717, 1.165) is 30.4 Å². The van der Waals surface area contributed by atoms with Crippen LogP contribution in [0.2, 0.25) is 0 Å². The van der Waals surface area contributed by atoms with E-state index in [9.17, 15) is 9.90 Å². The summed E-state index contributed by atoms with van der Waals surface area (Å²) >= 11 is 0. The van der Waals surface area contributed by atoms with Crippen molar-refractivity contribution in [3.8, 4) is 0 Å². The predicted molar refractivity (Wildman–Crippen MR) is 91.8 cm³/mol. The molecular weight excluding hydrogens is 306 g/mol. The number of hydrogen-bond donors (Lipinski definition) is 1. The molecule has 2 heterocycles. The predicted octanol–water partition coefficient (Wildman–Crippen LogP) is 1.65. The largest absolute Gasteiger partial charge is 0.468 e. The van der Waals surface area contributed by atoms with Crippen molar-refractivity contribution in [2.45, 2.75) is 45.4 Å². The first-order valence-corrected chi connectivity index (χ1v) is 8.41. The number of rotatable bonds is 5. The number of nitrogens with zero attached hydrogens (tertiary/aromatic N) is 3. The number of fused-ring (bicyclic) bond motifs is 1. The van der Waals surface area contributed by atoms with Gasteiger partial charge in [0.15, 0.2) is 0 Å². The van der Waals surface area contributed by atoms with Crippen molar-refractivity contribution in [1.29, 1.82) is 0 Å². The lowest BCUT2D eigenvalue weighted by Gasteiger charge is -2.25. The maximum atomic E-state index is 11.8. The molecule has 6 nitrogen and oxygen atoms in total. The molecular formula is C18H25N3O3. The fraction of sp³-hybridized carbons (Fsp3) is 0.556. The van der Waals surface area contributed by atoms with E-state index >= 15 is 0 Å². The molecule has 1 aliphatic heterocycles. The Kier molecular flexibility index (Phi) is 4.87. The Morgan fingerprint density at radius 2 is 2.12 bits per heavy atom. The molecule has 1 aromatic heterocycles. The van der Waals surface area contributed by atoms with Crippen molar-refractivity contribution in [1.82, 2.24) is 14.5 Å². The summed E-state index contributed by atoms with van der Waals surface area (Å²) in [5.74, 6) is -0.209. The first-order valence-electron chi connectivity index (χ1n) is 8.41. The van der Waals surface area contributed by atoms with Crippen LogP contribution in [0.1, 0.15) is 24.0 Å². The lowest BCUT2D eigenvalue weighted by molar-refractivity contribution is -0.146. The summed E-state index contributed by atoms with van der Waals surface area (Å²) in [6.45, 7) is 5.89. The summed E-state index contributed by atoms with van der Waals surface area (Å²) in [6.07, 6.45) is 2.97. The number of benzene rings is 1. The number of aliphatic hydroxyl groups excluding tert-OH is 1. The van der Waals surface area contributed by atoms with E-state index in [1.807, 2.05) is 9.47 Å². The quantitative estimate of drug-likeness (QED) is 0.844. The second-order valence-corrected chi connectivity index (χ2v) is 6.65. The maximum absolute atomic E-state index is 11.8. The highest BCUT2D eigenvalue weighted by molar-refractivity contribution is 5.77. The van der Waals surface area contributed by atoms with Crippen molar-refractivity contribution in [2.75, 3.05) is 20.2 Å². The van der Waals surface area contributed by atoms with Crippen LogP contribution in [0.3, 0.4) is 0 Å². The summed E-state index contributed by atoms with van der Waals surface area (Å²) in [4.78, 5) is 18.3. The van der Waals surface area contributed by atoms with Crippen molar-refractivity contribution < 1.29 is 14.6 Å². The van der Waals surface area contributed by atoms with E-state index in [0.29, 0.717) is 13.1 Å². The Balaban J connectivity index is 1.70. The molecule has 0 aliphatic carbocycles. The van der Waals surface area contributed by atoms with Gasteiger partial charge in [0.2, 0.25) is 0 Å². The Morgan fingerprint density at radius 1 is 1.38 bits per heavy atom. The lowest BCUT2D eigenvalue weighted by atomic mass is 10.1. The number of esters is 1. The van der Waals surface area contributed by atoms with Gasteiger partial charge >= 0.3 is 5.97 Å². The van der Waals surface area contributed by atoms with Gasteiger partial charge in [-0.15, -0.1) is 0 Å². The monoisotopic (exact) mass is 331 g/mol. The van der Waals surface area contributed by atoms with Crippen LogP contribution in [0, 0.1) is 13.8 Å². The van der Waals surface area contributed by atoms with Gasteiger partial charge in [-0.1, -0.05) is 0 Å². The minimum atomic E-state index is -0.561. The Bertz CT molecular complexity index is 740. The fourth-order valence-electron chi connectivity index (χ4n) is 3.46. The highest BCUT2D eigenvalue weighted by atomic mass is 16.5. The van der Waals surface area contributed by atoms with E-state index in [2.05, 4.69) is 31.0 Å². The summed E-state index contributed by atoms with van der Waals surface area (Å²) in [6, 6.07) is 3.95. The Labute approximate surface area is 142 Å². The van der Waals surface area contributed by atoms with E-state index in [1.54, 1.807) is 6.33 Å². The third kappa shape index (κ3) is 3.30. The zero-order valence-electron chi connectivity index (χ0n) is 14.5. The highest BCUT2D eigenvalue weighted by Crippen LogP contribution is 2.21. The molecule has 2 unspecified atom stereocenters. The standard InChI is InChI=1S/C18H25N3O3/c1-12-7-15-17(8-13(12)2)21(11-19-15)10-14(22)9-20-6-4-5-16(20)18(23)24-3/h7-8,11,14,16,22H,4-6,9-10H2,1-3H3. The highest BCUT2D eigenvalue weighted by Gasteiger charge is 2.32. The number of aryl methyl sites for hydroxylation is 2. The van der Waals surface area contributed by atoms with Gasteiger partial charge in [0.25, 0.3) is 0 Å². The third-order valence-corrected chi connectivity index (χ3v) is 4.93. The Morgan fingerprint density at radius 3 is 2.88 bits per heavy atom. The average Bonchev–Trinajstić information content (AvgIpc) is 3.15. The first-order chi connectivity index (χ1) is 11.5. The smallest absolute Gasteiger partial charge is 0.323 e. The molecule has 2 atom stereocenters. The number of likely N-dealkylation sites (tertiary alicyclic amines) is 1. The minimum absolute atomic E-state index is 0.209. The van der Waals surface area contributed by atoms with Crippen LogP contribution in [0.5, 0.6) is 0 Å². The van der Waals surface area contributed by atoms with Gasteiger partial charge in [0.1, 0.15) is 6.04 Å². The van der Waals surface area contributed by atoms with Gasteiger partial charge in [-0.2, -0.15) is 0 Å². The molecule has 6 heteroatoms. The number of methoxy groups -OCH3 is 1. The van der Waals surface area contributed by atoms with Crippen molar-refractivity contribution >= 4 is 17.0 Å². The number of β-amino-alcohol motifs (C(OH)–C–C–N with tert-alkyl or cyclic N) is 1. The van der Waals surface area contributed by atoms with Crippen molar-refractivity contribution in [3.63, 3.8) is 0 Å². The summed E-state index contributed by atoms with van der Waals surface area (Å²) in [5, 5.41) is 10.5. The molecule has 24 heavy (non-hydrogen) atoms. The number of aromatic nitrogens is 2. The van der Waals surface area contributed by atoms with E-state index < -0.39 is 6.10 Å². The number of carbonyl (C=O) groups is 1. The molecule has 0 bridgehead atoms. The van der Waals surface area contributed by atoms with E-state index in [4.69, 9.17) is 4.74 Å². The van der Waals surface area contributed by atoms with Gasteiger partial charge in [-0.05, 0) is 56.5 Å². The number of carbonyl (C=O) groups excluding carboxylic acids is 1. The molecule has 2 aromatic rings. The third-order valence-electron chi connectivity index (χ3n) is 4.93. The molecule has 0 radical (unpaired) electrons. The number of ether oxygens (including phenoxy) is 1. The second-order valence-electron chi connectivity index (χ2n) is 6.65. The zero-order valence-corrected chi connectivity index (χ0v) is 14.5. The van der Waals surface area contributed by atoms with Gasteiger partial charge in [-0.25, -0.2) is 4.98 Å². The first kappa shape index (κ1) is 16.9. The number of hydrogen-bond acceptors (Lipinski definition) is 5. The van der Waals surface area contributed by atoms with Gasteiger partial charge < -0.3 is 14.4 Å². The van der Waals surface area contributed by atoms with E-state index in [-0.39, 0.29) is 12.0 Å². The lowest BCUT2D eigenvalue weighted by Crippen LogP contribution is -2.42. The van der Waals surface area contributed by atoms with Crippen LogP contribution < -0.4 is 0 Å². The van der Waals surface area contributed by atoms with Gasteiger partial charge in [-0.3, -0.25) is 9.69 Å². The SMILES string of the molecule is COC(=O)C1CCCN1CC(O)Cn1cnc2cc(C)c(C)cc21. The molecule has 1 N–H and O–H groups in total. The molecule has 0 amide bonds. The van der Waals surface area contributed by atoms with E-state index in [1.165, 1.54) is 18.2 Å². The molecule has 130 valence electrons. The topological polar surface area (TPSA) is 67.6 Å². The number of imidazole rings is 1. The van der Waals surface area contributed by atoms with Crippen LogP contribution in [-0.2, 0) is 16.1 Å². The molecule has 0 spiro atoms. The summed E-state index contributed by atoms with van der Waals surface area (Å²) < 4.78 is 6.84. The maximum Gasteiger partial charge on any atom is 0.323 e. The van der Waals surface area contributed by atoms with Crippen LogP contribution >= 0.6 is 0 Å². The summed E-state index contributed by atoms with van der Waals surface area (Å²) in [7, 11) is 1.41. The average molecular weight is 331 g/mol. The summed E-state index contributed by atoms with van der Waals surface area (Å²) in [5.41, 5.74) is 4.40. The normalized spacial score (nSPS) is 19.8. The van der Waals surface area contributed by atoms with Crippen LogP contribution in [0.15, 0.2) is 18.5 Å². The molecule has 1 saturated heterocycles. The molecule has 1 aromatic carbocycles. The molecule has 1 aliphatic rings. The van der Waals surface area contributed by atoms with Crippen LogP contribution in [-0.4, -0.2) is 57.9 Å². The molecule has 3 rings (SSSR count). The fourth-order valence-corrected chi connectivity index (χ4v) is 3.46. The molecule has 1 fully saturated rings.